The van der Waals surface area contributed by atoms with Gasteiger partial charge in [-0.1, -0.05) is 51.1 Å². The summed E-state index contributed by atoms with van der Waals surface area (Å²) in [5.74, 6) is 1.21. The van der Waals surface area contributed by atoms with Gasteiger partial charge in [0.25, 0.3) is 0 Å². The van der Waals surface area contributed by atoms with Crippen molar-refractivity contribution in [3.05, 3.63) is 60.2 Å². The van der Waals surface area contributed by atoms with Gasteiger partial charge in [0.05, 0.1) is 0 Å². The van der Waals surface area contributed by atoms with Crippen LogP contribution in [0, 0.1) is 0 Å². The van der Waals surface area contributed by atoms with Gasteiger partial charge in [0.15, 0.2) is 5.82 Å². The fourth-order valence-electron chi connectivity index (χ4n) is 2.23. The van der Waals surface area contributed by atoms with Crippen molar-refractivity contribution in [3.63, 3.8) is 0 Å². The van der Waals surface area contributed by atoms with Crippen molar-refractivity contribution in [1.82, 2.24) is 29.5 Å². The van der Waals surface area contributed by atoms with Crippen molar-refractivity contribution in [2.45, 2.75) is 32.6 Å². The lowest BCUT2D eigenvalue weighted by molar-refractivity contribution is 0.235. The molecule has 2 aromatic heterocycles. The van der Waals surface area contributed by atoms with Crippen molar-refractivity contribution in [3.8, 4) is 0 Å². The van der Waals surface area contributed by atoms with Crippen LogP contribution in [-0.4, -0.2) is 35.6 Å². The van der Waals surface area contributed by atoms with Crippen LogP contribution < -0.4 is 0 Å². The van der Waals surface area contributed by atoms with Gasteiger partial charge in [-0.05, 0) is 5.56 Å². The monoisotopic (exact) mass is 310 g/mol. The first-order valence-corrected chi connectivity index (χ1v) is 7.35. The molecule has 0 N–H and O–H groups in total. The SMILES string of the molecule is CC(C)(C)c1nc(Cc2ccccc2)nn1C(=O)n1cncn1. The highest BCUT2D eigenvalue weighted by Gasteiger charge is 2.27. The number of nitrogens with zero attached hydrogens (tertiary/aromatic N) is 6. The molecular weight excluding hydrogens is 292 g/mol. The number of aromatic nitrogens is 6. The Bertz CT molecular complexity index is 799. The Labute approximate surface area is 134 Å². The van der Waals surface area contributed by atoms with Gasteiger partial charge in [-0.25, -0.2) is 14.8 Å². The lowest BCUT2D eigenvalue weighted by Gasteiger charge is -2.16. The summed E-state index contributed by atoms with van der Waals surface area (Å²) in [5.41, 5.74) is 0.774. The number of hydrogen-bond acceptors (Lipinski definition) is 5. The highest BCUT2D eigenvalue weighted by molar-refractivity contribution is 5.77. The Hall–Kier alpha value is -2.83. The molecule has 23 heavy (non-hydrogen) atoms. The quantitative estimate of drug-likeness (QED) is 0.725. The summed E-state index contributed by atoms with van der Waals surface area (Å²) in [7, 11) is 0. The topological polar surface area (TPSA) is 78.5 Å². The molecule has 7 heteroatoms. The largest absolute Gasteiger partial charge is 0.372 e. The van der Waals surface area contributed by atoms with Crippen molar-refractivity contribution < 1.29 is 4.79 Å². The van der Waals surface area contributed by atoms with Gasteiger partial charge >= 0.3 is 6.03 Å². The zero-order chi connectivity index (χ0) is 16.4. The Morgan fingerprint density at radius 2 is 1.91 bits per heavy atom. The molecule has 0 bridgehead atoms. The first kappa shape index (κ1) is 15.1. The van der Waals surface area contributed by atoms with E-state index in [1.807, 2.05) is 51.1 Å². The molecule has 0 fully saturated rings. The third-order valence-corrected chi connectivity index (χ3v) is 3.32. The molecule has 0 aliphatic rings. The molecule has 1 aromatic carbocycles. The van der Waals surface area contributed by atoms with Crippen LogP contribution in [0.4, 0.5) is 4.79 Å². The molecule has 0 radical (unpaired) electrons. The van der Waals surface area contributed by atoms with E-state index < -0.39 is 0 Å². The summed E-state index contributed by atoms with van der Waals surface area (Å²) >= 11 is 0. The summed E-state index contributed by atoms with van der Waals surface area (Å²) in [6.45, 7) is 5.98. The molecule has 0 aliphatic heterocycles. The molecule has 0 spiro atoms. The van der Waals surface area contributed by atoms with Gasteiger partial charge in [0.1, 0.15) is 18.5 Å². The maximum Gasteiger partial charge on any atom is 0.372 e. The zero-order valence-corrected chi connectivity index (χ0v) is 13.3. The summed E-state index contributed by atoms with van der Waals surface area (Å²) in [6.07, 6.45) is 3.24. The molecule has 2 heterocycles. The molecule has 0 aliphatic carbocycles. The maximum atomic E-state index is 12.6. The van der Waals surface area contributed by atoms with Crippen LogP contribution in [-0.2, 0) is 11.8 Å². The predicted octanol–water partition coefficient (Wildman–Crippen LogP) is 2.27. The van der Waals surface area contributed by atoms with Crippen LogP contribution in [0.15, 0.2) is 43.0 Å². The smallest absolute Gasteiger partial charge is 0.243 e. The van der Waals surface area contributed by atoms with E-state index in [1.54, 1.807) is 0 Å². The minimum absolute atomic E-state index is 0.321. The Kier molecular flexibility index (Phi) is 3.77. The standard InChI is InChI=1S/C16H18N6O/c1-16(2,3)14-19-13(9-12-7-5-4-6-8-12)20-22(14)15(23)21-11-17-10-18-21/h4-8,10-11H,9H2,1-3H3. The predicted molar refractivity (Wildman–Crippen MR) is 84.2 cm³/mol. The average Bonchev–Trinajstić information content (AvgIpc) is 3.16. The van der Waals surface area contributed by atoms with E-state index in [4.69, 9.17) is 0 Å². The van der Waals surface area contributed by atoms with Gasteiger partial charge in [-0.3, -0.25) is 0 Å². The van der Waals surface area contributed by atoms with Crippen LogP contribution in [0.2, 0.25) is 0 Å². The second-order valence-electron chi connectivity index (χ2n) is 6.30. The van der Waals surface area contributed by atoms with Gasteiger partial charge in [-0.2, -0.15) is 14.5 Å². The van der Waals surface area contributed by atoms with Gasteiger partial charge in [0.2, 0.25) is 0 Å². The molecule has 0 atom stereocenters. The number of benzene rings is 1. The Balaban J connectivity index is 1.99. The number of rotatable bonds is 2. The molecule has 118 valence electrons. The van der Waals surface area contributed by atoms with E-state index in [9.17, 15) is 4.79 Å². The van der Waals surface area contributed by atoms with Crippen LogP contribution in [0.25, 0.3) is 0 Å². The molecule has 0 amide bonds. The zero-order valence-electron chi connectivity index (χ0n) is 13.3. The van der Waals surface area contributed by atoms with Gasteiger partial charge in [0, 0.05) is 11.8 Å². The maximum absolute atomic E-state index is 12.6. The van der Waals surface area contributed by atoms with Crippen LogP contribution >= 0.6 is 0 Å². The highest BCUT2D eigenvalue weighted by atomic mass is 16.2. The summed E-state index contributed by atoms with van der Waals surface area (Å²) in [5, 5.41) is 8.27. The van der Waals surface area contributed by atoms with E-state index >= 15 is 0 Å². The average molecular weight is 310 g/mol. The molecule has 3 rings (SSSR count). The third-order valence-electron chi connectivity index (χ3n) is 3.32. The lowest BCUT2D eigenvalue weighted by Crippen LogP contribution is -2.28. The van der Waals surface area contributed by atoms with E-state index in [0.29, 0.717) is 18.1 Å². The third kappa shape index (κ3) is 3.18. The normalized spacial score (nSPS) is 11.6. The summed E-state index contributed by atoms with van der Waals surface area (Å²) in [4.78, 5) is 20.9. The molecule has 0 saturated carbocycles. The molecule has 3 aromatic rings. The van der Waals surface area contributed by atoms with E-state index in [2.05, 4.69) is 20.2 Å². The Morgan fingerprint density at radius 3 is 2.52 bits per heavy atom. The fraction of sp³-hybridized carbons (Fsp3) is 0.312. The van der Waals surface area contributed by atoms with Gasteiger partial charge in [-0.15, -0.1) is 5.10 Å². The van der Waals surface area contributed by atoms with Crippen LogP contribution in [0.5, 0.6) is 0 Å². The first-order chi connectivity index (χ1) is 10.9. The minimum Gasteiger partial charge on any atom is -0.243 e. The number of carbonyl (C=O) groups is 1. The molecule has 0 unspecified atom stereocenters. The van der Waals surface area contributed by atoms with Crippen molar-refractivity contribution in [1.29, 1.82) is 0 Å². The van der Waals surface area contributed by atoms with Crippen molar-refractivity contribution in [2.24, 2.45) is 0 Å². The molecule has 0 saturated heterocycles. The van der Waals surface area contributed by atoms with Gasteiger partial charge < -0.3 is 0 Å². The molecule has 7 nitrogen and oxygen atoms in total. The second kappa shape index (κ2) is 5.75. The number of carbonyl (C=O) groups excluding carboxylic acids is 1. The van der Waals surface area contributed by atoms with Crippen LogP contribution in [0.3, 0.4) is 0 Å². The fourth-order valence-corrected chi connectivity index (χ4v) is 2.23. The summed E-state index contributed by atoms with van der Waals surface area (Å²) in [6, 6.07) is 9.53. The highest BCUT2D eigenvalue weighted by Crippen LogP contribution is 2.21. The Morgan fingerprint density at radius 1 is 1.17 bits per heavy atom. The van der Waals surface area contributed by atoms with Crippen molar-refractivity contribution >= 4 is 6.03 Å². The second-order valence-corrected chi connectivity index (χ2v) is 6.30. The molecular formula is C16H18N6O. The lowest BCUT2D eigenvalue weighted by atomic mass is 9.96. The van der Waals surface area contributed by atoms with E-state index in [-0.39, 0.29) is 11.4 Å². The minimum atomic E-state index is -0.390. The van der Waals surface area contributed by atoms with Crippen molar-refractivity contribution in [2.75, 3.05) is 0 Å². The summed E-state index contributed by atoms with van der Waals surface area (Å²) < 4.78 is 2.46. The van der Waals surface area contributed by atoms with E-state index in [0.717, 1.165) is 10.2 Å². The van der Waals surface area contributed by atoms with Crippen LogP contribution in [0.1, 0.15) is 38.0 Å². The number of hydrogen-bond donors (Lipinski definition) is 0. The first-order valence-electron chi connectivity index (χ1n) is 7.35. The van der Waals surface area contributed by atoms with E-state index in [1.165, 1.54) is 17.3 Å².